The molecule has 0 rings (SSSR count). The van der Waals surface area contributed by atoms with E-state index >= 15 is 0 Å². The van der Waals surface area contributed by atoms with E-state index in [0.29, 0.717) is 38.8 Å². The van der Waals surface area contributed by atoms with Crippen molar-refractivity contribution in [3.05, 3.63) is 0 Å². The third-order valence-electron chi connectivity index (χ3n) is 0.333. The molecule has 4 nitrogen and oxygen atoms in total. The maximum absolute atomic E-state index is 4.90. The Balaban J connectivity index is -0.0000000886. The Morgan fingerprint density at radius 2 is 0.818 bits per heavy atom. The van der Waals surface area contributed by atoms with E-state index in [1.165, 1.54) is 0 Å². The molecule has 8 N–H and O–H groups in total. The maximum atomic E-state index is 4.90. The van der Waals surface area contributed by atoms with Crippen molar-refractivity contribution in [2.24, 2.45) is 22.9 Å². The molecule has 0 aromatic rings. The molecule has 0 saturated carbocycles. The third-order valence-corrected chi connectivity index (χ3v) is 0.333. The van der Waals surface area contributed by atoms with Gasteiger partial charge in [-0.2, -0.15) is 0 Å². The Morgan fingerprint density at radius 1 is 0.727 bits per heavy atom. The van der Waals surface area contributed by atoms with Crippen molar-refractivity contribution in [2.45, 2.75) is 0 Å². The van der Waals surface area contributed by atoms with Crippen molar-refractivity contribution in [3.8, 4) is 0 Å². The van der Waals surface area contributed by atoms with Crippen LogP contribution in [0.15, 0.2) is 0 Å². The Hall–Kier alpha value is 0.914. The first-order valence-electron chi connectivity index (χ1n) is 2.87. The molecule has 11 heavy (non-hydrogen) atoms. The number of hydrogen-bond acceptors (Lipinski definition) is 4. The van der Waals surface area contributed by atoms with E-state index in [1.807, 2.05) is 0 Å². The molecule has 0 aliphatic heterocycles. The van der Waals surface area contributed by atoms with Crippen LogP contribution in [0.3, 0.4) is 0 Å². The van der Waals surface area contributed by atoms with Crippen LogP contribution in [-0.2, 0) is 12.7 Å². The summed E-state index contributed by atoms with van der Waals surface area (Å²) in [5.41, 5.74) is 19.6. The van der Waals surface area contributed by atoms with E-state index in [4.69, 9.17) is 43.3 Å². The van der Waals surface area contributed by atoms with Crippen LogP contribution in [0.1, 0.15) is 0 Å². The van der Waals surface area contributed by atoms with Crippen LogP contribution in [-0.4, -0.2) is 26.2 Å². The second-order valence-electron chi connectivity index (χ2n) is 1.20. The molecule has 0 aliphatic carbocycles. The predicted octanol–water partition coefficient (Wildman–Crippen LogP) is -0.816. The summed E-state index contributed by atoms with van der Waals surface area (Å²) in [5, 5.41) is 0. The van der Waals surface area contributed by atoms with Gasteiger partial charge in [0.15, 0.2) is 0 Å². The minimum atomic E-state index is 0.569. The van der Waals surface area contributed by atoms with Gasteiger partial charge in [-0.1, -0.05) is 0 Å². The van der Waals surface area contributed by atoms with Gasteiger partial charge in [0.1, 0.15) is 0 Å². The van der Waals surface area contributed by atoms with Gasteiger partial charge in [-0.05, 0) is 0 Å². The molecule has 0 atom stereocenters. The van der Waals surface area contributed by atoms with Crippen molar-refractivity contribution < 1.29 is 12.7 Å². The van der Waals surface area contributed by atoms with E-state index in [1.54, 1.807) is 0 Å². The number of nitrogens with two attached hydrogens (primary N) is 4. The third kappa shape index (κ3) is 102. The first-order valence-corrected chi connectivity index (χ1v) is 5.59. The van der Waals surface area contributed by atoms with E-state index in [0.717, 1.165) is 0 Å². The zero-order valence-electron chi connectivity index (χ0n) is 6.21. The van der Waals surface area contributed by atoms with E-state index < -0.39 is 0 Å². The number of hydrogen-bond donors (Lipinski definition) is 4. The summed E-state index contributed by atoms with van der Waals surface area (Å²) in [7, 11) is 9.40. The van der Waals surface area contributed by atoms with Gasteiger partial charge in [0.2, 0.25) is 0 Å². The van der Waals surface area contributed by atoms with Gasteiger partial charge in [-0.3, -0.25) is 0 Å². The van der Waals surface area contributed by atoms with Gasteiger partial charge in [0.05, 0.1) is 0 Å². The van der Waals surface area contributed by atoms with Crippen LogP contribution in [0.2, 0.25) is 0 Å². The predicted molar refractivity (Wildman–Crippen MR) is 47.9 cm³/mol. The fourth-order valence-corrected chi connectivity index (χ4v) is 0. The Labute approximate surface area is 82.3 Å². The summed E-state index contributed by atoms with van der Waals surface area (Å²) < 4.78 is 0. The molecule has 0 aromatic heterocycles. The first kappa shape index (κ1) is 17.9. The molecule has 0 radical (unpaired) electrons. The van der Waals surface area contributed by atoms with Gasteiger partial charge in [-0.25, -0.2) is 0 Å². The standard InChI is InChI=1S/2C2H8N2.2ClH.Ni/c2*3-1-2-4;;;/h2*1-4H2;2*1H;/q;;;;+4/p-2. The number of halogens is 2. The van der Waals surface area contributed by atoms with E-state index in [-0.39, 0.29) is 0 Å². The Bertz CT molecular complexity index is 35.3. The van der Waals surface area contributed by atoms with Crippen molar-refractivity contribution >= 4 is 20.4 Å². The summed E-state index contributed by atoms with van der Waals surface area (Å²) in [4.78, 5) is 0. The molecular formula is C4H16Cl2N4Ni+2. The molecule has 0 fully saturated rings. The summed E-state index contributed by atoms with van der Waals surface area (Å²) in [6, 6.07) is 0. The summed E-state index contributed by atoms with van der Waals surface area (Å²) in [5.74, 6) is 0. The molecule has 74 valence electrons. The van der Waals surface area contributed by atoms with Crippen LogP contribution in [0.4, 0.5) is 0 Å². The van der Waals surface area contributed by atoms with Crippen LogP contribution in [0.25, 0.3) is 0 Å². The first-order chi connectivity index (χ1) is 5.24. The summed E-state index contributed by atoms with van der Waals surface area (Å²) in [6.07, 6.45) is 0. The Kier molecular flexibility index (Phi) is 49.8. The zero-order valence-corrected chi connectivity index (χ0v) is 8.71. The van der Waals surface area contributed by atoms with Crippen molar-refractivity contribution in [3.63, 3.8) is 0 Å². The zero-order chi connectivity index (χ0) is 9.54. The second kappa shape index (κ2) is 30.7. The minimum absolute atomic E-state index is 0.569. The molecule has 7 heteroatoms. The van der Waals surface area contributed by atoms with Gasteiger partial charge in [-0.15, -0.1) is 0 Å². The fraction of sp³-hybridized carbons (Fsp3) is 1.00. The summed E-state index contributed by atoms with van der Waals surface area (Å²) >= 11 is 0.569. The van der Waals surface area contributed by atoms with Crippen LogP contribution >= 0.6 is 20.4 Å². The van der Waals surface area contributed by atoms with Crippen molar-refractivity contribution in [1.29, 1.82) is 0 Å². The molecule has 0 spiro atoms. The molecule has 0 unspecified atom stereocenters. The van der Waals surface area contributed by atoms with Crippen molar-refractivity contribution in [1.82, 2.24) is 0 Å². The van der Waals surface area contributed by atoms with Crippen LogP contribution in [0, 0.1) is 0 Å². The second-order valence-corrected chi connectivity index (χ2v) is 2.83. The molecule has 0 saturated heterocycles. The van der Waals surface area contributed by atoms with Gasteiger partial charge in [0, 0.05) is 26.2 Å². The number of rotatable bonds is 2. The van der Waals surface area contributed by atoms with Gasteiger partial charge in [0.25, 0.3) is 0 Å². The molecular weight excluding hydrogens is 234 g/mol. The van der Waals surface area contributed by atoms with E-state index in [9.17, 15) is 0 Å². The summed E-state index contributed by atoms with van der Waals surface area (Å²) in [6.45, 7) is 2.39. The quantitative estimate of drug-likeness (QED) is 0.480. The van der Waals surface area contributed by atoms with Gasteiger partial charge >= 0.3 is 33.0 Å². The van der Waals surface area contributed by atoms with Crippen LogP contribution < -0.4 is 22.9 Å². The monoisotopic (exact) mass is 248 g/mol. The van der Waals surface area contributed by atoms with E-state index in [2.05, 4.69) is 0 Å². The van der Waals surface area contributed by atoms with Gasteiger partial charge < -0.3 is 22.9 Å². The molecule has 0 aromatic carbocycles. The molecule has 0 heterocycles. The topological polar surface area (TPSA) is 104 Å². The van der Waals surface area contributed by atoms with Crippen LogP contribution in [0.5, 0.6) is 0 Å². The molecule has 0 aliphatic rings. The fourth-order valence-electron chi connectivity index (χ4n) is 0. The average molecular weight is 250 g/mol. The molecule has 0 amide bonds. The normalized spacial score (nSPS) is 7.45. The van der Waals surface area contributed by atoms with Crippen molar-refractivity contribution in [2.75, 3.05) is 26.2 Å². The molecule has 0 bridgehead atoms. The Morgan fingerprint density at radius 3 is 0.818 bits per heavy atom. The SMILES string of the molecule is NCCN.NCCN.[Cl][Ni+2][Cl]. The average Bonchev–Trinajstić information content (AvgIpc) is 2.06.